The van der Waals surface area contributed by atoms with Crippen molar-refractivity contribution in [1.82, 2.24) is 10.2 Å². The van der Waals surface area contributed by atoms with E-state index in [1.165, 1.54) is 11.9 Å². The molecule has 0 bridgehead atoms. The zero-order chi connectivity index (χ0) is 13.3. The van der Waals surface area contributed by atoms with E-state index in [4.69, 9.17) is 5.11 Å². The highest BCUT2D eigenvalue weighted by Crippen LogP contribution is 2.01. The Hall–Kier alpha value is -1.24. The SMILES string of the molecule is CCCNC(=O)CN(C)C(=O)CSCC(=O)O. The van der Waals surface area contributed by atoms with E-state index in [1.54, 1.807) is 0 Å². The number of likely N-dealkylation sites (N-methyl/N-ethyl adjacent to an activating group) is 1. The van der Waals surface area contributed by atoms with Gasteiger partial charge in [0.2, 0.25) is 11.8 Å². The second kappa shape index (κ2) is 8.86. The molecule has 2 N–H and O–H groups in total. The van der Waals surface area contributed by atoms with Crippen LogP contribution in [0.4, 0.5) is 0 Å². The highest BCUT2D eigenvalue weighted by atomic mass is 32.2. The number of hydrogen-bond acceptors (Lipinski definition) is 4. The third kappa shape index (κ3) is 8.56. The van der Waals surface area contributed by atoms with Crippen LogP contribution in [0.2, 0.25) is 0 Å². The van der Waals surface area contributed by atoms with E-state index in [9.17, 15) is 14.4 Å². The molecule has 0 aliphatic carbocycles. The molecular formula is C10H18N2O4S. The molecule has 0 aromatic heterocycles. The summed E-state index contributed by atoms with van der Waals surface area (Å²) in [4.78, 5) is 34.3. The average molecular weight is 262 g/mol. The lowest BCUT2D eigenvalue weighted by Gasteiger charge is -2.16. The van der Waals surface area contributed by atoms with Gasteiger partial charge in [0.25, 0.3) is 0 Å². The summed E-state index contributed by atoms with van der Waals surface area (Å²) in [7, 11) is 1.52. The Bertz CT molecular complexity index is 283. The van der Waals surface area contributed by atoms with Crippen molar-refractivity contribution in [3.8, 4) is 0 Å². The maximum absolute atomic E-state index is 11.5. The van der Waals surface area contributed by atoms with Gasteiger partial charge in [0.05, 0.1) is 18.1 Å². The molecule has 7 heteroatoms. The maximum atomic E-state index is 11.5. The molecule has 0 aliphatic rings. The van der Waals surface area contributed by atoms with Crippen LogP contribution in [-0.4, -0.2) is 59.4 Å². The molecule has 98 valence electrons. The molecule has 6 nitrogen and oxygen atoms in total. The van der Waals surface area contributed by atoms with Crippen molar-refractivity contribution in [3.63, 3.8) is 0 Å². The first-order valence-electron chi connectivity index (χ1n) is 5.27. The molecule has 0 aromatic rings. The van der Waals surface area contributed by atoms with Gasteiger partial charge in [-0.15, -0.1) is 11.8 Å². The van der Waals surface area contributed by atoms with Crippen LogP contribution >= 0.6 is 11.8 Å². The van der Waals surface area contributed by atoms with Gasteiger partial charge < -0.3 is 15.3 Å². The number of rotatable bonds is 8. The molecule has 0 atom stereocenters. The predicted molar refractivity (Wildman–Crippen MR) is 65.9 cm³/mol. The summed E-state index contributed by atoms with van der Waals surface area (Å²) < 4.78 is 0. The predicted octanol–water partition coefficient (Wildman–Crippen LogP) is -0.211. The zero-order valence-electron chi connectivity index (χ0n) is 10.1. The van der Waals surface area contributed by atoms with Gasteiger partial charge in [0.15, 0.2) is 0 Å². The Balaban J connectivity index is 3.80. The van der Waals surface area contributed by atoms with Crippen molar-refractivity contribution in [3.05, 3.63) is 0 Å². The first-order valence-corrected chi connectivity index (χ1v) is 6.43. The number of thioether (sulfide) groups is 1. The minimum Gasteiger partial charge on any atom is -0.481 e. The number of amides is 2. The van der Waals surface area contributed by atoms with E-state index in [0.717, 1.165) is 18.2 Å². The number of carbonyl (C=O) groups excluding carboxylic acids is 2. The quantitative estimate of drug-likeness (QED) is 0.632. The first-order chi connectivity index (χ1) is 7.97. The Kier molecular flexibility index (Phi) is 8.21. The molecule has 0 heterocycles. The summed E-state index contributed by atoms with van der Waals surface area (Å²) in [6.07, 6.45) is 0.845. The van der Waals surface area contributed by atoms with Crippen molar-refractivity contribution in [2.45, 2.75) is 13.3 Å². The van der Waals surface area contributed by atoms with Crippen molar-refractivity contribution in [2.24, 2.45) is 0 Å². The highest BCUT2D eigenvalue weighted by Gasteiger charge is 2.12. The fourth-order valence-electron chi connectivity index (χ4n) is 0.960. The summed E-state index contributed by atoms with van der Waals surface area (Å²) >= 11 is 1.02. The normalized spacial score (nSPS) is 9.76. The number of aliphatic carboxylic acids is 1. The largest absolute Gasteiger partial charge is 0.481 e. The Morgan fingerprint density at radius 3 is 2.47 bits per heavy atom. The van der Waals surface area contributed by atoms with Gasteiger partial charge in [-0.3, -0.25) is 14.4 Å². The Labute approximate surface area is 105 Å². The van der Waals surface area contributed by atoms with Crippen molar-refractivity contribution in [1.29, 1.82) is 0 Å². The lowest BCUT2D eigenvalue weighted by Crippen LogP contribution is -2.39. The lowest BCUT2D eigenvalue weighted by atomic mass is 10.4. The molecule has 0 spiro atoms. The first kappa shape index (κ1) is 15.8. The molecule has 0 unspecified atom stereocenters. The van der Waals surface area contributed by atoms with Gasteiger partial charge in [-0.05, 0) is 6.42 Å². The van der Waals surface area contributed by atoms with Crippen LogP contribution in [0.5, 0.6) is 0 Å². The third-order valence-electron chi connectivity index (χ3n) is 1.83. The van der Waals surface area contributed by atoms with Gasteiger partial charge in [-0.2, -0.15) is 0 Å². The molecule has 2 amide bonds. The molecule has 17 heavy (non-hydrogen) atoms. The number of nitrogens with one attached hydrogen (secondary N) is 1. The van der Waals surface area contributed by atoms with Crippen molar-refractivity contribution in [2.75, 3.05) is 31.6 Å². The number of carboxylic acids is 1. The maximum Gasteiger partial charge on any atom is 0.313 e. The van der Waals surface area contributed by atoms with Crippen molar-refractivity contribution >= 4 is 29.5 Å². The number of carbonyl (C=O) groups is 3. The fraction of sp³-hybridized carbons (Fsp3) is 0.700. The van der Waals surface area contributed by atoms with Crippen LogP contribution in [0, 0.1) is 0 Å². The Morgan fingerprint density at radius 1 is 1.29 bits per heavy atom. The molecule has 0 saturated heterocycles. The standard InChI is InChI=1S/C10H18N2O4S/c1-3-4-11-8(13)5-12(2)9(14)6-17-7-10(15)16/h3-7H2,1-2H3,(H,11,13)(H,15,16). The van der Waals surface area contributed by atoms with Crippen LogP contribution in [0.15, 0.2) is 0 Å². The molecule has 0 fully saturated rings. The number of nitrogens with zero attached hydrogens (tertiary/aromatic N) is 1. The third-order valence-corrected chi connectivity index (χ3v) is 2.73. The van der Waals surface area contributed by atoms with Gasteiger partial charge >= 0.3 is 5.97 Å². The van der Waals surface area contributed by atoms with Crippen LogP contribution in [0.1, 0.15) is 13.3 Å². The average Bonchev–Trinajstić information content (AvgIpc) is 2.25. The van der Waals surface area contributed by atoms with E-state index in [2.05, 4.69) is 5.32 Å². The molecule has 0 rings (SSSR count). The summed E-state index contributed by atoms with van der Waals surface area (Å²) in [5.74, 6) is -1.44. The lowest BCUT2D eigenvalue weighted by molar-refractivity contribution is -0.134. The summed E-state index contributed by atoms with van der Waals surface area (Å²) in [6, 6.07) is 0. The monoisotopic (exact) mass is 262 g/mol. The summed E-state index contributed by atoms with van der Waals surface area (Å²) in [5, 5.41) is 11.1. The van der Waals surface area contributed by atoms with E-state index < -0.39 is 5.97 Å². The smallest absolute Gasteiger partial charge is 0.313 e. The van der Waals surface area contributed by atoms with Crippen LogP contribution in [-0.2, 0) is 14.4 Å². The highest BCUT2D eigenvalue weighted by molar-refractivity contribution is 8.00. The molecule has 0 radical (unpaired) electrons. The van der Waals surface area contributed by atoms with Crippen LogP contribution < -0.4 is 5.32 Å². The minimum atomic E-state index is -0.953. The van der Waals surface area contributed by atoms with Crippen LogP contribution in [0.25, 0.3) is 0 Å². The van der Waals surface area contributed by atoms with E-state index in [0.29, 0.717) is 6.54 Å². The molecule has 0 saturated carbocycles. The van der Waals surface area contributed by atoms with Gasteiger partial charge in [-0.25, -0.2) is 0 Å². The fourth-order valence-corrected chi connectivity index (χ4v) is 1.63. The van der Waals surface area contributed by atoms with E-state index >= 15 is 0 Å². The Morgan fingerprint density at radius 2 is 1.94 bits per heavy atom. The second-order valence-corrected chi connectivity index (χ2v) is 4.47. The summed E-state index contributed by atoms with van der Waals surface area (Å²) in [5.41, 5.74) is 0. The topological polar surface area (TPSA) is 86.7 Å². The summed E-state index contributed by atoms with van der Waals surface area (Å²) in [6.45, 7) is 2.54. The number of carboxylic acid groups (broad SMARTS) is 1. The van der Waals surface area contributed by atoms with Gasteiger partial charge in [0, 0.05) is 13.6 Å². The molecule has 0 aliphatic heterocycles. The van der Waals surface area contributed by atoms with E-state index in [1.807, 2.05) is 6.92 Å². The van der Waals surface area contributed by atoms with Gasteiger partial charge in [-0.1, -0.05) is 6.92 Å². The molecule has 0 aromatic carbocycles. The minimum absolute atomic E-state index is 0.00641. The van der Waals surface area contributed by atoms with E-state index in [-0.39, 0.29) is 29.9 Å². The second-order valence-electron chi connectivity index (χ2n) is 3.49. The molecular weight excluding hydrogens is 244 g/mol. The van der Waals surface area contributed by atoms with Gasteiger partial charge in [0.1, 0.15) is 0 Å². The van der Waals surface area contributed by atoms with Crippen LogP contribution in [0.3, 0.4) is 0 Å². The number of hydrogen-bond donors (Lipinski definition) is 2. The van der Waals surface area contributed by atoms with Crippen molar-refractivity contribution < 1.29 is 19.5 Å². The zero-order valence-corrected chi connectivity index (χ0v) is 10.9.